The minimum absolute atomic E-state index is 0.273. The predicted octanol–water partition coefficient (Wildman–Crippen LogP) is 4.11. The summed E-state index contributed by atoms with van der Waals surface area (Å²) in [6.07, 6.45) is 9.23. The number of para-hydroxylation sites is 1. The molecule has 2 rings (SSSR count). The van der Waals surface area contributed by atoms with Gasteiger partial charge in [-0.1, -0.05) is 44.0 Å². The fourth-order valence-corrected chi connectivity index (χ4v) is 2.31. The van der Waals surface area contributed by atoms with Gasteiger partial charge >= 0.3 is 5.97 Å². The molecule has 0 spiro atoms. The van der Waals surface area contributed by atoms with Crippen LogP contribution in [0.3, 0.4) is 0 Å². The van der Waals surface area contributed by atoms with Crippen molar-refractivity contribution in [2.45, 2.75) is 46.0 Å². The number of aryl methyl sites for hydroxylation is 1. The van der Waals surface area contributed by atoms with Gasteiger partial charge < -0.3 is 4.74 Å². The first-order valence-electron chi connectivity index (χ1n) is 8.70. The molecule has 1 heterocycles. The lowest BCUT2D eigenvalue weighted by Gasteiger charge is -2.06. The predicted molar refractivity (Wildman–Crippen MR) is 94.8 cm³/mol. The lowest BCUT2D eigenvalue weighted by molar-refractivity contribution is -0.137. The molecule has 5 nitrogen and oxygen atoms in total. The zero-order valence-electron chi connectivity index (χ0n) is 14.7. The fourth-order valence-electron chi connectivity index (χ4n) is 2.31. The van der Waals surface area contributed by atoms with Crippen LogP contribution in [0.2, 0.25) is 0 Å². The smallest absolute Gasteiger partial charge is 0.330 e. The van der Waals surface area contributed by atoms with Crippen molar-refractivity contribution in [3.05, 3.63) is 47.5 Å². The molecule has 0 saturated heterocycles. The number of ether oxygens (including phenoxy) is 1. The van der Waals surface area contributed by atoms with Crippen LogP contribution in [0.15, 0.2) is 30.5 Å². The van der Waals surface area contributed by atoms with Crippen molar-refractivity contribution >= 4 is 12.0 Å². The maximum absolute atomic E-state index is 14.3. The Morgan fingerprint density at radius 1 is 1.28 bits per heavy atom. The van der Waals surface area contributed by atoms with Gasteiger partial charge in [-0.15, -0.1) is 5.10 Å². The molecule has 0 unspecified atom stereocenters. The third-order valence-corrected chi connectivity index (χ3v) is 3.72. The number of aromatic nitrogens is 3. The fraction of sp³-hybridized carbons (Fsp3) is 0.421. The molecule has 0 N–H and O–H groups in total. The minimum Gasteiger partial charge on any atom is -0.463 e. The van der Waals surface area contributed by atoms with E-state index < -0.39 is 11.8 Å². The van der Waals surface area contributed by atoms with Gasteiger partial charge in [0, 0.05) is 11.6 Å². The van der Waals surface area contributed by atoms with Crippen molar-refractivity contribution < 1.29 is 13.9 Å². The molecule has 0 aliphatic rings. The lowest BCUT2D eigenvalue weighted by Crippen LogP contribution is -2.03. The van der Waals surface area contributed by atoms with E-state index in [9.17, 15) is 9.18 Å². The molecule has 25 heavy (non-hydrogen) atoms. The highest BCUT2D eigenvalue weighted by molar-refractivity contribution is 5.87. The molecule has 2 aromatic rings. The maximum atomic E-state index is 14.3. The second-order valence-electron chi connectivity index (χ2n) is 5.79. The van der Waals surface area contributed by atoms with E-state index in [0.29, 0.717) is 12.2 Å². The molecular weight excluding hydrogens is 321 g/mol. The van der Waals surface area contributed by atoms with Crippen molar-refractivity contribution in [2.75, 3.05) is 6.61 Å². The summed E-state index contributed by atoms with van der Waals surface area (Å²) in [6.45, 7) is 4.51. The number of benzene rings is 1. The Hall–Kier alpha value is -2.50. The van der Waals surface area contributed by atoms with Gasteiger partial charge in [-0.3, -0.25) is 0 Å². The Bertz CT molecular complexity index is 725. The normalized spacial score (nSPS) is 11.2. The Morgan fingerprint density at radius 2 is 2.08 bits per heavy atom. The van der Waals surface area contributed by atoms with E-state index in [1.54, 1.807) is 24.4 Å². The Morgan fingerprint density at radius 3 is 2.84 bits per heavy atom. The van der Waals surface area contributed by atoms with E-state index in [1.807, 2.05) is 6.92 Å². The molecule has 134 valence electrons. The average molecular weight is 345 g/mol. The number of carbonyl (C=O) groups excluding carboxylic acids is 1. The number of halogens is 1. The van der Waals surface area contributed by atoms with Crippen molar-refractivity contribution in [3.63, 3.8) is 0 Å². The molecule has 1 aromatic carbocycles. The van der Waals surface area contributed by atoms with E-state index in [1.165, 1.54) is 16.8 Å². The van der Waals surface area contributed by atoms with Crippen molar-refractivity contribution in [3.8, 4) is 5.69 Å². The lowest BCUT2D eigenvalue weighted by atomic mass is 10.1. The topological polar surface area (TPSA) is 57.0 Å². The SMILES string of the molecule is CCCCOC(=O)/C=C/c1cccc(F)c1-n1cc(CCCC)nn1. The number of esters is 1. The Balaban J connectivity index is 2.19. The van der Waals surface area contributed by atoms with Crippen LogP contribution >= 0.6 is 0 Å². The molecule has 0 aliphatic heterocycles. The second-order valence-corrected chi connectivity index (χ2v) is 5.79. The quantitative estimate of drug-likeness (QED) is 0.390. The van der Waals surface area contributed by atoms with Crippen LogP contribution in [0.25, 0.3) is 11.8 Å². The van der Waals surface area contributed by atoms with Crippen molar-refractivity contribution in [1.29, 1.82) is 0 Å². The molecule has 0 radical (unpaired) electrons. The van der Waals surface area contributed by atoms with Crippen molar-refractivity contribution in [1.82, 2.24) is 15.0 Å². The Kier molecular flexibility index (Phi) is 7.32. The highest BCUT2D eigenvalue weighted by atomic mass is 19.1. The van der Waals surface area contributed by atoms with Gasteiger partial charge in [0.2, 0.25) is 0 Å². The van der Waals surface area contributed by atoms with E-state index in [-0.39, 0.29) is 5.69 Å². The summed E-state index contributed by atoms with van der Waals surface area (Å²) >= 11 is 0. The molecule has 6 heteroatoms. The summed E-state index contributed by atoms with van der Waals surface area (Å²) in [5.74, 6) is -0.862. The van der Waals surface area contributed by atoms with Crippen LogP contribution in [-0.2, 0) is 16.0 Å². The third kappa shape index (κ3) is 5.52. The molecular formula is C19H24FN3O2. The largest absolute Gasteiger partial charge is 0.463 e. The summed E-state index contributed by atoms with van der Waals surface area (Å²) < 4.78 is 20.8. The van der Waals surface area contributed by atoms with E-state index in [0.717, 1.165) is 37.8 Å². The van der Waals surface area contributed by atoms with E-state index in [4.69, 9.17) is 4.74 Å². The summed E-state index contributed by atoms with van der Waals surface area (Å²) in [5.41, 5.74) is 1.63. The summed E-state index contributed by atoms with van der Waals surface area (Å²) in [4.78, 5) is 11.7. The molecule has 1 aromatic heterocycles. The molecule has 0 saturated carbocycles. The minimum atomic E-state index is -0.439. The van der Waals surface area contributed by atoms with Gasteiger partial charge in [-0.25, -0.2) is 13.9 Å². The monoisotopic (exact) mass is 345 g/mol. The molecule has 0 amide bonds. The Labute approximate surface area is 147 Å². The van der Waals surface area contributed by atoms with Gasteiger partial charge in [-0.2, -0.15) is 0 Å². The third-order valence-electron chi connectivity index (χ3n) is 3.72. The second kappa shape index (κ2) is 9.71. The van der Waals surface area contributed by atoms with E-state index >= 15 is 0 Å². The van der Waals surface area contributed by atoms with Gasteiger partial charge in [0.25, 0.3) is 0 Å². The van der Waals surface area contributed by atoms with Gasteiger partial charge in [0.1, 0.15) is 11.5 Å². The number of carbonyl (C=O) groups is 1. The highest BCUT2D eigenvalue weighted by Crippen LogP contribution is 2.20. The first-order valence-corrected chi connectivity index (χ1v) is 8.70. The number of unbranched alkanes of at least 4 members (excludes halogenated alkanes) is 2. The van der Waals surface area contributed by atoms with Crippen LogP contribution in [0, 0.1) is 5.82 Å². The number of nitrogens with zero attached hydrogens (tertiary/aromatic N) is 3. The average Bonchev–Trinajstić information content (AvgIpc) is 3.06. The summed E-state index contributed by atoms with van der Waals surface area (Å²) in [5, 5.41) is 8.11. The number of hydrogen-bond donors (Lipinski definition) is 0. The van der Waals surface area contributed by atoms with E-state index in [2.05, 4.69) is 17.2 Å². The number of rotatable bonds is 9. The van der Waals surface area contributed by atoms with Crippen LogP contribution in [-0.4, -0.2) is 27.6 Å². The molecule has 0 bridgehead atoms. The standard InChI is InChI=1S/C19H24FN3O2/c1-3-5-9-16-14-23(22-21-16)19-15(8-7-10-17(19)20)11-12-18(24)25-13-6-4-2/h7-8,10-12,14H,3-6,9,13H2,1-2H3/b12-11+. The van der Waals surface area contributed by atoms with Crippen LogP contribution in [0.1, 0.15) is 50.8 Å². The maximum Gasteiger partial charge on any atom is 0.330 e. The zero-order chi connectivity index (χ0) is 18.1. The van der Waals surface area contributed by atoms with Crippen LogP contribution in [0.5, 0.6) is 0 Å². The molecule has 0 aliphatic carbocycles. The molecule has 0 fully saturated rings. The van der Waals surface area contributed by atoms with Crippen LogP contribution in [0.4, 0.5) is 4.39 Å². The van der Waals surface area contributed by atoms with Crippen LogP contribution < -0.4 is 0 Å². The molecule has 0 atom stereocenters. The summed E-state index contributed by atoms with van der Waals surface area (Å²) in [7, 11) is 0. The zero-order valence-corrected chi connectivity index (χ0v) is 14.7. The first kappa shape index (κ1) is 18.8. The van der Waals surface area contributed by atoms with Gasteiger partial charge in [0.15, 0.2) is 0 Å². The first-order chi connectivity index (χ1) is 12.2. The highest BCUT2D eigenvalue weighted by Gasteiger charge is 2.12. The summed E-state index contributed by atoms with van der Waals surface area (Å²) in [6, 6.07) is 4.68. The number of hydrogen-bond acceptors (Lipinski definition) is 4. The van der Waals surface area contributed by atoms with Gasteiger partial charge in [-0.05, 0) is 31.4 Å². The van der Waals surface area contributed by atoms with Gasteiger partial charge in [0.05, 0.1) is 18.5 Å². The van der Waals surface area contributed by atoms with Crippen molar-refractivity contribution in [2.24, 2.45) is 0 Å².